The Morgan fingerprint density at radius 3 is 2.50 bits per heavy atom. The minimum Gasteiger partial charge on any atom is -0.481 e. The molecule has 0 spiro atoms. The molecule has 6 heteroatoms. The molecule has 0 atom stereocenters. The second-order valence-corrected chi connectivity index (χ2v) is 6.19. The fourth-order valence-corrected chi connectivity index (χ4v) is 2.90. The highest BCUT2D eigenvalue weighted by Gasteiger charge is 2.12. The van der Waals surface area contributed by atoms with E-state index in [9.17, 15) is 9.18 Å². The van der Waals surface area contributed by atoms with Gasteiger partial charge in [0.05, 0.1) is 4.47 Å². The molecule has 0 aliphatic carbocycles. The molecule has 0 saturated heterocycles. The number of ether oxygens (including phenoxy) is 2. The van der Waals surface area contributed by atoms with Gasteiger partial charge >= 0.3 is 5.97 Å². The van der Waals surface area contributed by atoms with E-state index in [1.807, 2.05) is 24.3 Å². The maximum absolute atomic E-state index is 13.0. The van der Waals surface area contributed by atoms with Gasteiger partial charge in [-0.25, -0.2) is 9.18 Å². The minimum atomic E-state index is -0.571. The number of carbonyl (C=O) groups excluding carboxylic acids is 1. The highest BCUT2D eigenvalue weighted by atomic mass is 79.9. The van der Waals surface area contributed by atoms with Crippen molar-refractivity contribution in [2.45, 2.75) is 0 Å². The molecule has 3 nitrogen and oxygen atoms in total. The Hall–Kier alpha value is -2.11. The first-order chi connectivity index (χ1) is 11.5. The second-order valence-electron chi connectivity index (χ2n) is 4.93. The van der Waals surface area contributed by atoms with Crippen molar-refractivity contribution in [3.05, 3.63) is 69.9 Å². The zero-order chi connectivity index (χ0) is 17.1. The average Bonchev–Trinajstić information content (AvgIpc) is 2.57. The summed E-state index contributed by atoms with van der Waals surface area (Å²) in [6, 6.07) is 14.6. The third-order valence-electron chi connectivity index (χ3n) is 3.29. The summed E-state index contributed by atoms with van der Waals surface area (Å²) in [5.41, 5.74) is 0. The predicted octanol–water partition coefficient (Wildman–Crippen LogP) is 5.38. The highest BCUT2D eigenvalue weighted by molar-refractivity contribution is 9.10. The number of hydrogen-bond acceptors (Lipinski definition) is 3. The average molecular weight is 410 g/mol. The van der Waals surface area contributed by atoms with Crippen LogP contribution in [0.15, 0.2) is 59.1 Å². The van der Waals surface area contributed by atoms with Gasteiger partial charge in [-0.15, -0.1) is 0 Å². The molecule has 0 radical (unpaired) electrons. The summed E-state index contributed by atoms with van der Waals surface area (Å²) in [6.07, 6.45) is 0. The maximum atomic E-state index is 13.0. The van der Waals surface area contributed by atoms with Crippen molar-refractivity contribution in [2.75, 3.05) is 6.61 Å². The number of carbonyl (C=O) groups is 1. The Labute approximate surface area is 151 Å². The lowest BCUT2D eigenvalue weighted by Crippen LogP contribution is -2.18. The Kier molecular flexibility index (Phi) is 5.02. The monoisotopic (exact) mass is 408 g/mol. The van der Waals surface area contributed by atoms with Crippen molar-refractivity contribution in [1.29, 1.82) is 0 Å². The number of rotatable bonds is 4. The van der Waals surface area contributed by atoms with Crippen LogP contribution in [0, 0.1) is 5.82 Å². The number of hydrogen-bond donors (Lipinski definition) is 0. The summed E-state index contributed by atoms with van der Waals surface area (Å²) in [7, 11) is 0. The molecule has 0 N–H and O–H groups in total. The molecule has 3 rings (SSSR count). The first-order valence-electron chi connectivity index (χ1n) is 7.00. The summed E-state index contributed by atoms with van der Waals surface area (Å²) >= 11 is 9.31. The van der Waals surface area contributed by atoms with E-state index in [-0.39, 0.29) is 6.61 Å². The van der Waals surface area contributed by atoms with E-state index in [2.05, 4.69) is 15.9 Å². The van der Waals surface area contributed by atoms with Gasteiger partial charge < -0.3 is 9.47 Å². The minimum absolute atomic E-state index is 0.304. The quantitative estimate of drug-likeness (QED) is 0.429. The molecule has 24 heavy (non-hydrogen) atoms. The van der Waals surface area contributed by atoms with Gasteiger partial charge in [0, 0.05) is 15.8 Å². The summed E-state index contributed by atoms with van der Waals surface area (Å²) in [4.78, 5) is 12.0. The first-order valence-corrected chi connectivity index (χ1v) is 8.17. The Morgan fingerprint density at radius 1 is 1.04 bits per heavy atom. The van der Waals surface area contributed by atoms with Crippen molar-refractivity contribution in [1.82, 2.24) is 0 Å². The van der Waals surface area contributed by atoms with Crippen LogP contribution in [0.5, 0.6) is 11.5 Å². The van der Waals surface area contributed by atoms with Gasteiger partial charge in [-0.05, 0) is 46.3 Å². The molecule has 0 bridgehead atoms. The molecule has 0 aliphatic heterocycles. The van der Waals surface area contributed by atoms with Gasteiger partial charge in [0.15, 0.2) is 6.61 Å². The molecule has 0 aromatic heterocycles. The van der Waals surface area contributed by atoms with Crippen LogP contribution >= 0.6 is 27.5 Å². The fraction of sp³-hybridized carbons (Fsp3) is 0.0556. The van der Waals surface area contributed by atoms with Gasteiger partial charge in [-0.1, -0.05) is 35.9 Å². The molecule has 0 aliphatic rings. The van der Waals surface area contributed by atoms with Gasteiger partial charge in [-0.3, -0.25) is 0 Å². The van der Waals surface area contributed by atoms with Crippen LogP contribution in [0.1, 0.15) is 0 Å². The first kappa shape index (κ1) is 16.7. The van der Waals surface area contributed by atoms with E-state index in [1.54, 1.807) is 12.1 Å². The van der Waals surface area contributed by atoms with E-state index in [1.165, 1.54) is 18.2 Å². The maximum Gasteiger partial charge on any atom is 0.349 e. The summed E-state index contributed by atoms with van der Waals surface area (Å²) in [5, 5.41) is 2.12. The van der Waals surface area contributed by atoms with Crippen LogP contribution < -0.4 is 9.47 Å². The highest BCUT2D eigenvalue weighted by Crippen LogP contribution is 2.31. The Morgan fingerprint density at radius 2 is 1.75 bits per heavy atom. The number of halogens is 3. The van der Waals surface area contributed by atoms with Crippen LogP contribution in [0.25, 0.3) is 10.8 Å². The molecule has 3 aromatic rings. The third kappa shape index (κ3) is 3.68. The van der Waals surface area contributed by atoms with Crippen LogP contribution in [0.4, 0.5) is 4.39 Å². The van der Waals surface area contributed by atoms with E-state index in [0.29, 0.717) is 21.0 Å². The lowest BCUT2D eigenvalue weighted by molar-refractivity contribution is -0.136. The number of esters is 1. The molecular formula is C18H11BrClFO3. The van der Waals surface area contributed by atoms with Crippen molar-refractivity contribution in [3.8, 4) is 11.5 Å². The third-order valence-corrected chi connectivity index (χ3v) is 4.24. The van der Waals surface area contributed by atoms with Crippen molar-refractivity contribution in [2.24, 2.45) is 0 Å². The molecular weight excluding hydrogens is 399 g/mol. The fourth-order valence-electron chi connectivity index (χ4n) is 2.20. The molecule has 3 aromatic carbocycles. The van der Waals surface area contributed by atoms with Gasteiger partial charge in [0.25, 0.3) is 0 Å². The smallest absolute Gasteiger partial charge is 0.349 e. The predicted molar refractivity (Wildman–Crippen MR) is 94.2 cm³/mol. The van der Waals surface area contributed by atoms with Crippen molar-refractivity contribution in [3.63, 3.8) is 0 Å². The number of benzene rings is 3. The molecule has 122 valence electrons. The van der Waals surface area contributed by atoms with Gasteiger partial charge in [0.1, 0.15) is 17.3 Å². The van der Waals surface area contributed by atoms with E-state index in [4.69, 9.17) is 21.1 Å². The number of fused-ring (bicyclic) bond motifs is 1. The van der Waals surface area contributed by atoms with Crippen LogP contribution in [-0.2, 0) is 4.79 Å². The lowest BCUT2D eigenvalue weighted by Gasteiger charge is -2.10. The summed E-state index contributed by atoms with van der Waals surface area (Å²) in [6.45, 7) is -0.304. The van der Waals surface area contributed by atoms with Crippen molar-refractivity contribution < 1.29 is 18.7 Å². The molecule has 0 fully saturated rings. The molecule has 0 unspecified atom stereocenters. The second kappa shape index (κ2) is 7.20. The van der Waals surface area contributed by atoms with E-state index < -0.39 is 11.8 Å². The zero-order valence-corrected chi connectivity index (χ0v) is 14.6. The summed E-state index contributed by atoms with van der Waals surface area (Å²) in [5.74, 6) is -0.209. The topological polar surface area (TPSA) is 35.5 Å². The lowest BCUT2D eigenvalue weighted by atomic mass is 10.1. The Balaban J connectivity index is 1.72. The standard InChI is InChI=1S/C18H11BrClFO3/c19-14-9-11(21)5-7-17(14)23-10-18(22)24-16-8-6-15(20)12-3-1-2-4-13(12)16/h1-9H,10H2. The Bertz CT molecular complexity index is 914. The van der Waals surface area contributed by atoms with Crippen LogP contribution in [0.2, 0.25) is 5.02 Å². The van der Waals surface area contributed by atoms with Gasteiger partial charge in [-0.2, -0.15) is 0 Å². The molecule has 0 saturated carbocycles. The molecule has 0 heterocycles. The summed E-state index contributed by atoms with van der Waals surface area (Å²) < 4.78 is 24.2. The van der Waals surface area contributed by atoms with E-state index >= 15 is 0 Å². The van der Waals surface area contributed by atoms with E-state index in [0.717, 1.165) is 10.8 Å². The zero-order valence-electron chi connectivity index (χ0n) is 12.3. The van der Waals surface area contributed by atoms with Crippen LogP contribution in [-0.4, -0.2) is 12.6 Å². The van der Waals surface area contributed by atoms with Crippen LogP contribution in [0.3, 0.4) is 0 Å². The van der Waals surface area contributed by atoms with Crippen molar-refractivity contribution >= 4 is 44.3 Å². The van der Waals surface area contributed by atoms with Gasteiger partial charge in [0.2, 0.25) is 0 Å². The SMILES string of the molecule is O=C(COc1ccc(F)cc1Br)Oc1ccc(Cl)c2ccccc12. The normalized spacial score (nSPS) is 10.6. The largest absolute Gasteiger partial charge is 0.481 e. The molecule has 0 amide bonds.